The van der Waals surface area contributed by atoms with Crippen LogP contribution in [0.2, 0.25) is 0 Å². The van der Waals surface area contributed by atoms with E-state index in [2.05, 4.69) is 68.5 Å². The molecule has 1 aliphatic rings. The van der Waals surface area contributed by atoms with Crippen LogP contribution < -0.4 is 10.4 Å². The van der Waals surface area contributed by atoms with E-state index in [9.17, 15) is 0 Å². The Morgan fingerprint density at radius 1 is 1.06 bits per heavy atom. The molecule has 1 aromatic carbocycles. The van der Waals surface area contributed by atoms with E-state index in [1.165, 1.54) is 16.0 Å². The van der Waals surface area contributed by atoms with E-state index < -0.39 is 0 Å². The third kappa shape index (κ3) is 3.20. The summed E-state index contributed by atoms with van der Waals surface area (Å²) in [7, 11) is 0. The highest BCUT2D eigenvalue weighted by Gasteiger charge is 2.05. The summed E-state index contributed by atoms with van der Waals surface area (Å²) >= 11 is 0. The molecule has 0 saturated carbocycles. The van der Waals surface area contributed by atoms with Gasteiger partial charge in [-0.15, -0.1) is 0 Å². The van der Waals surface area contributed by atoms with Crippen molar-refractivity contribution in [3.63, 3.8) is 0 Å². The Bertz CT molecular complexity index is 515. The first-order valence-electron chi connectivity index (χ1n) is 6.43. The third-order valence-electron chi connectivity index (χ3n) is 2.86. The van der Waals surface area contributed by atoms with E-state index in [1.54, 1.807) is 0 Å². The van der Waals surface area contributed by atoms with Crippen LogP contribution in [0, 0.1) is 5.92 Å². The van der Waals surface area contributed by atoms with Gasteiger partial charge in [-0.1, -0.05) is 75.4 Å². The zero-order valence-electron chi connectivity index (χ0n) is 11.3. The summed E-state index contributed by atoms with van der Waals surface area (Å²) in [5.41, 5.74) is 1.41. The average Bonchev–Trinajstić information content (AvgIpc) is 2.41. The van der Waals surface area contributed by atoms with Gasteiger partial charge in [0.2, 0.25) is 0 Å². The molecule has 0 nitrogen and oxygen atoms in total. The third-order valence-corrected chi connectivity index (χ3v) is 2.86. The summed E-state index contributed by atoms with van der Waals surface area (Å²) in [5.74, 6) is 0.510. The van der Waals surface area contributed by atoms with Crippen LogP contribution >= 0.6 is 0 Å². The predicted molar refractivity (Wildman–Crippen MR) is 78.0 cm³/mol. The first-order chi connectivity index (χ1) is 8.33. The molecule has 17 heavy (non-hydrogen) atoms. The Balaban J connectivity index is 0.000000686. The van der Waals surface area contributed by atoms with Crippen LogP contribution in [0.3, 0.4) is 0 Å². The lowest BCUT2D eigenvalue weighted by Gasteiger charge is -2.11. The van der Waals surface area contributed by atoms with E-state index in [-0.39, 0.29) is 0 Å². The van der Waals surface area contributed by atoms with Crippen molar-refractivity contribution in [1.29, 1.82) is 0 Å². The lowest BCUT2D eigenvalue weighted by Crippen LogP contribution is -2.27. The second-order valence-electron chi connectivity index (χ2n) is 3.86. The van der Waals surface area contributed by atoms with Crippen molar-refractivity contribution in [3.05, 3.63) is 59.0 Å². The molecule has 0 N–H and O–H groups in total. The molecule has 90 valence electrons. The molecule has 0 aliphatic heterocycles. The highest BCUT2D eigenvalue weighted by atomic mass is 14.1. The minimum absolute atomic E-state index is 0.510. The van der Waals surface area contributed by atoms with Crippen molar-refractivity contribution in [2.75, 3.05) is 0 Å². The molecule has 1 aromatic rings. The smallest absolute Gasteiger partial charge is 0.000117 e. The zero-order valence-corrected chi connectivity index (χ0v) is 11.3. The highest BCUT2D eigenvalue weighted by molar-refractivity contribution is 5.63. The van der Waals surface area contributed by atoms with Gasteiger partial charge in [0.15, 0.2) is 0 Å². The molecule has 1 aliphatic carbocycles. The van der Waals surface area contributed by atoms with Crippen LogP contribution in [-0.4, -0.2) is 0 Å². The van der Waals surface area contributed by atoms with Crippen LogP contribution in [-0.2, 0) is 0 Å². The number of hydrogen-bond acceptors (Lipinski definition) is 0. The Hall–Kier alpha value is -1.56. The van der Waals surface area contributed by atoms with Gasteiger partial charge in [0.25, 0.3) is 0 Å². The maximum absolute atomic E-state index is 2.24. The summed E-state index contributed by atoms with van der Waals surface area (Å²) in [6, 6.07) is 8.56. The van der Waals surface area contributed by atoms with Gasteiger partial charge in [-0.3, -0.25) is 0 Å². The van der Waals surface area contributed by atoms with Crippen LogP contribution in [0.5, 0.6) is 0 Å². The lowest BCUT2D eigenvalue weighted by molar-refractivity contribution is 0.956. The topological polar surface area (TPSA) is 0 Å². The highest BCUT2D eigenvalue weighted by Crippen LogP contribution is 2.16. The SMILES string of the molecule is C/C=c1/cccc/c1=C1\C=CC=CC1C.CC. The Kier molecular flexibility index (Phi) is 5.48. The fourth-order valence-corrected chi connectivity index (χ4v) is 1.99. The average molecular weight is 226 g/mol. The minimum atomic E-state index is 0.510. The van der Waals surface area contributed by atoms with E-state index in [0.717, 1.165) is 0 Å². The number of hydrogen-bond donors (Lipinski definition) is 0. The van der Waals surface area contributed by atoms with Gasteiger partial charge in [0, 0.05) is 0 Å². The first-order valence-corrected chi connectivity index (χ1v) is 6.43. The second kappa shape index (κ2) is 6.90. The Morgan fingerprint density at radius 2 is 1.76 bits per heavy atom. The van der Waals surface area contributed by atoms with Crippen molar-refractivity contribution < 1.29 is 0 Å². The van der Waals surface area contributed by atoms with Crippen LogP contribution in [0.4, 0.5) is 0 Å². The van der Waals surface area contributed by atoms with Gasteiger partial charge >= 0.3 is 0 Å². The van der Waals surface area contributed by atoms with E-state index in [1.807, 2.05) is 13.8 Å². The molecule has 0 radical (unpaired) electrons. The van der Waals surface area contributed by atoms with Crippen LogP contribution in [0.25, 0.3) is 11.6 Å². The summed E-state index contributed by atoms with van der Waals surface area (Å²) < 4.78 is 0. The van der Waals surface area contributed by atoms with E-state index in [0.29, 0.717) is 5.92 Å². The summed E-state index contributed by atoms with van der Waals surface area (Å²) in [6.07, 6.45) is 10.9. The van der Waals surface area contributed by atoms with Gasteiger partial charge in [-0.05, 0) is 28.9 Å². The molecular formula is C17H22. The molecule has 0 heterocycles. The van der Waals surface area contributed by atoms with Gasteiger partial charge in [-0.2, -0.15) is 0 Å². The lowest BCUT2D eigenvalue weighted by atomic mass is 9.93. The molecule has 1 atom stereocenters. The quantitative estimate of drug-likeness (QED) is 0.636. The normalized spacial score (nSPS) is 22.1. The monoisotopic (exact) mass is 226 g/mol. The van der Waals surface area contributed by atoms with Crippen molar-refractivity contribution in [1.82, 2.24) is 0 Å². The Morgan fingerprint density at radius 3 is 2.41 bits per heavy atom. The summed E-state index contributed by atoms with van der Waals surface area (Å²) in [6.45, 7) is 8.33. The van der Waals surface area contributed by atoms with E-state index in [4.69, 9.17) is 0 Å². The van der Waals surface area contributed by atoms with Gasteiger partial charge in [-0.25, -0.2) is 0 Å². The number of allylic oxidation sites excluding steroid dienone is 4. The molecule has 0 spiro atoms. The molecule has 0 amide bonds. The molecule has 1 unspecified atom stereocenters. The number of rotatable bonds is 0. The molecule has 0 aromatic heterocycles. The maximum atomic E-state index is 2.24. The zero-order chi connectivity index (χ0) is 12.7. The van der Waals surface area contributed by atoms with Crippen molar-refractivity contribution in [2.45, 2.75) is 27.7 Å². The van der Waals surface area contributed by atoms with Crippen LogP contribution in [0.1, 0.15) is 27.7 Å². The fraction of sp³-hybridized carbons (Fsp3) is 0.294. The Labute approximate surface area is 105 Å². The van der Waals surface area contributed by atoms with Crippen LogP contribution in [0.15, 0.2) is 48.6 Å². The van der Waals surface area contributed by atoms with Gasteiger partial charge in [0.05, 0.1) is 0 Å². The molecular weight excluding hydrogens is 204 g/mol. The first kappa shape index (κ1) is 13.5. The largest absolute Gasteiger partial charge is 0.0798 e. The van der Waals surface area contributed by atoms with Gasteiger partial charge < -0.3 is 0 Å². The maximum Gasteiger partial charge on any atom is -0.000117 e. The molecule has 0 saturated heterocycles. The fourth-order valence-electron chi connectivity index (χ4n) is 1.99. The standard InChI is InChI=1S/C15H16.C2H6/c1-3-13-9-5-7-11-15(13)14-10-6-4-8-12(14)2;1-2/h3-12H,1-2H3;1-2H3/b13-3-,15-14-;. The second-order valence-corrected chi connectivity index (χ2v) is 3.86. The summed E-state index contributed by atoms with van der Waals surface area (Å²) in [5, 5.41) is 2.67. The van der Waals surface area contributed by atoms with E-state index >= 15 is 0 Å². The van der Waals surface area contributed by atoms with Crippen molar-refractivity contribution in [3.8, 4) is 0 Å². The van der Waals surface area contributed by atoms with Gasteiger partial charge in [0.1, 0.15) is 0 Å². The molecule has 0 fully saturated rings. The number of benzene rings is 1. The predicted octanol–water partition coefficient (Wildman–Crippen LogP) is 3.43. The minimum Gasteiger partial charge on any atom is -0.0798 e. The molecule has 2 rings (SSSR count). The molecule has 0 heteroatoms. The molecule has 0 bridgehead atoms. The van der Waals surface area contributed by atoms with Crippen molar-refractivity contribution >= 4 is 11.6 Å². The van der Waals surface area contributed by atoms with Crippen molar-refractivity contribution in [2.24, 2.45) is 5.92 Å². The summed E-state index contributed by atoms with van der Waals surface area (Å²) in [4.78, 5) is 0.